The van der Waals surface area contributed by atoms with Crippen LogP contribution in [0.25, 0.3) is 16.6 Å². The minimum absolute atomic E-state index is 0.106. The van der Waals surface area contributed by atoms with Gasteiger partial charge < -0.3 is 10.1 Å². The Bertz CT molecular complexity index is 1700. The number of thioether (sulfide) groups is 1. The van der Waals surface area contributed by atoms with Gasteiger partial charge >= 0.3 is 0 Å². The van der Waals surface area contributed by atoms with Gasteiger partial charge in [-0.15, -0.1) is 0 Å². The lowest BCUT2D eigenvalue weighted by Gasteiger charge is -2.26. The van der Waals surface area contributed by atoms with Gasteiger partial charge in [0.15, 0.2) is 5.16 Å². The number of aryl methyl sites for hydroxylation is 1. The molecule has 1 aliphatic rings. The van der Waals surface area contributed by atoms with Crippen molar-refractivity contribution in [2.45, 2.75) is 17.0 Å². The maximum Gasteiger partial charge on any atom is 0.266 e. The first-order valence-electron chi connectivity index (χ1n) is 12.1. The van der Waals surface area contributed by atoms with E-state index in [1.807, 2.05) is 0 Å². The lowest BCUT2D eigenvalue weighted by molar-refractivity contribution is -0.113. The van der Waals surface area contributed by atoms with Gasteiger partial charge in [-0.25, -0.2) is 17.8 Å². The van der Waals surface area contributed by atoms with Crippen LogP contribution in [0, 0.1) is 12.7 Å². The van der Waals surface area contributed by atoms with Crippen molar-refractivity contribution >= 4 is 44.3 Å². The van der Waals surface area contributed by atoms with E-state index in [4.69, 9.17) is 4.74 Å². The Labute approximate surface area is 228 Å². The molecule has 1 aliphatic heterocycles. The number of nitrogens with zero attached hydrogens (tertiary/aromatic N) is 3. The number of para-hydroxylation sites is 1. The second kappa shape index (κ2) is 11.3. The monoisotopic (exact) mass is 568 g/mol. The number of hydrogen-bond acceptors (Lipinski definition) is 7. The summed E-state index contributed by atoms with van der Waals surface area (Å²) < 4.78 is 47.9. The first kappa shape index (κ1) is 27.0. The zero-order valence-corrected chi connectivity index (χ0v) is 22.6. The van der Waals surface area contributed by atoms with Crippen molar-refractivity contribution in [1.29, 1.82) is 0 Å². The summed E-state index contributed by atoms with van der Waals surface area (Å²) in [5.74, 6) is -0.959. The number of hydrogen-bond donors (Lipinski definition) is 1. The van der Waals surface area contributed by atoms with E-state index in [9.17, 15) is 22.4 Å². The van der Waals surface area contributed by atoms with E-state index in [-0.39, 0.29) is 34.5 Å². The third-order valence-corrected chi connectivity index (χ3v) is 9.20. The van der Waals surface area contributed by atoms with Crippen LogP contribution in [0.2, 0.25) is 0 Å². The van der Waals surface area contributed by atoms with Crippen molar-refractivity contribution in [2.75, 3.05) is 37.4 Å². The molecule has 0 spiro atoms. The molecular weight excluding hydrogens is 543 g/mol. The van der Waals surface area contributed by atoms with E-state index >= 15 is 0 Å². The molecule has 0 radical (unpaired) electrons. The Balaban J connectivity index is 1.38. The molecule has 3 aromatic carbocycles. The second-order valence-corrected chi connectivity index (χ2v) is 11.7. The largest absolute Gasteiger partial charge is 0.379 e. The average Bonchev–Trinajstić information content (AvgIpc) is 2.94. The van der Waals surface area contributed by atoms with Crippen LogP contribution in [0.5, 0.6) is 0 Å². The fourth-order valence-electron chi connectivity index (χ4n) is 4.24. The highest BCUT2D eigenvalue weighted by molar-refractivity contribution is 7.99. The van der Waals surface area contributed by atoms with Crippen molar-refractivity contribution in [2.24, 2.45) is 0 Å². The molecule has 1 fully saturated rings. The molecule has 202 valence electrons. The summed E-state index contributed by atoms with van der Waals surface area (Å²) in [4.78, 5) is 30.9. The quantitative estimate of drug-likeness (QED) is 0.268. The van der Waals surface area contributed by atoms with Crippen molar-refractivity contribution in [1.82, 2.24) is 13.9 Å². The number of carbonyl (C=O) groups is 1. The summed E-state index contributed by atoms with van der Waals surface area (Å²) in [5.41, 5.74) is 1.45. The molecule has 0 atom stereocenters. The number of morpholine rings is 1. The van der Waals surface area contributed by atoms with Crippen LogP contribution in [-0.4, -0.2) is 60.2 Å². The summed E-state index contributed by atoms with van der Waals surface area (Å²) in [6, 6.07) is 17.0. The Kier molecular flexibility index (Phi) is 7.80. The third kappa shape index (κ3) is 5.74. The Hall–Kier alpha value is -3.58. The van der Waals surface area contributed by atoms with Crippen LogP contribution in [-0.2, 0) is 19.6 Å². The molecule has 1 aromatic heterocycles. The Morgan fingerprint density at radius 1 is 1.08 bits per heavy atom. The summed E-state index contributed by atoms with van der Waals surface area (Å²) in [6.07, 6.45) is 0. The highest BCUT2D eigenvalue weighted by Gasteiger charge is 2.28. The average molecular weight is 569 g/mol. The Morgan fingerprint density at radius 2 is 1.79 bits per heavy atom. The van der Waals surface area contributed by atoms with Gasteiger partial charge in [-0.2, -0.15) is 4.31 Å². The van der Waals surface area contributed by atoms with Gasteiger partial charge in [-0.3, -0.25) is 14.2 Å². The highest BCUT2D eigenvalue weighted by Crippen LogP contribution is 2.26. The van der Waals surface area contributed by atoms with E-state index in [0.29, 0.717) is 41.1 Å². The SMILES string of the molecule is Cc1ccc(NC(=O)CSc2nc3ccccc3c(=O)n2-c2ccc(F)cc2)cc1S(=O)(=O)N1CCOCC1. The van der Waals surface area contributed by atoms with E-state index < -0.39 is 21.7 Å². The molecule has 0 aliphatic carbocycles. The van der Waals surface area contributed by atoms with E-state index in [1.54, 1.807) is 43.3 Å². The third-order valence-electron chi connectivity index (χ3n) is 6.22. The minimum atomic E-state index is -3.75. The fraction of sp³-hybridized carbons (Fsp3) is 0.222. The van der Waals surface area contributed by atoms with Crippen molar-refractivity contribution in [3.8, 4) is 5.69 Å². The predicted octanol–water partition coefficient (Wildman–Crippen LogP) is 3.58. The Morgan fingerprint density at radius 3 is 2.54 bits per heavy atom. The first-order chi connectivity index (χ1) is 18.7. The van der Waals surface area contributed by atoms with Crippen molar-refractivity contribution < 1.29 is 22.3 Å². The number of fused-ring (bicyclic) bond motifs is 1. The number of sulfonamides is 1. The van der Waals surface area contributed by atoms with Gasteiger partial charge in [0.05, 0.1) is 40.5 Å². The zero-order valence-electron chi connectivity index (χ0n) is 21.0. The summed E-state index contributed by atoms with van der Waals surface area (Å²) >= 11 is 1.04. The van der Waals surface area contributed by atoms with Gasteiger partial charge in [0, 0.05) is 18.8 Å². The minimum Gasteiger partial charge on any atom is -0.379 e. The smallest absolute Gasteiger partial charge is 0.266 e. The van der Waals surface area contributed by atoms with Crippen LogP contribution in [0.1, 0.15) is 5.56 Å². The standard InChI is InChI=1S/C27H25FN4O5S2/c1-18-6-9-20(16-24(18)39(35,36)31-12-14-37-15-13-31)29-25(33)17-38-27-30-23-5-3-2-4-22(23)26(34)32(27)21-10-7-19(28)8-11-21/h2-11,16H,12-15,17H2,1H3,(H,29,33). The number of rotatable bonds is 7. The van der Waals surface area contributed by atoms with Crippen molar-refractivity contribution in [3.05, 3.63) is 88.5 Å². The molecule has 1 N–H and O–H groups in total. The van der Waals surface area contributed by atoms with Crippen LogP contribution >= 0.6 is 11.8 Å². The van der Waals surface area contributed by atoms with Gasteiger partial charge in [0.25, 0.3) is 5.56 Å². The predicted molar refractivity (Wildman–Crippen MR) is 147 cm³/mol. The van der Waals surface area contributed by atoms with Crippen LogP contribution in [0.15, 0.2) is 81.6 Å². The summed E-state index contributed by atoms with van der Waals surface area (Å²) in [5, 5.41) is 3.40. The molecule has 1 saturated heterocycles. The van der Waals surface area contributed by atoms with Gasteiger partial charge in [-0.1, -0.05) is 30.0 Å². The molecule has 5 rings (SSSR count). The number of benzene rings is 3. The number of amides is 1. The number of aromatic nitrogens is 2. The van der Waals surface area contributed by atoms with Crippen LogP contribution in [0.4, 0.5) is 10.1 Å². The molecule has 0 unspecified atom stereocenters. The lowest BCUT2D eigenvalue weighted by Crippen LogP contribution is -2.40. The highest BCUT2D eigenvalue weighted by atomic mass is 32.2. The number of carbonyl (C=O) groups excluding carboxylic acids is 1. The van der Waals surface area contributed by atoms with Crippen LogP contribution < -0.4 is 10.9 Å². The molecular formula is C27H25FN4O5S2. The van der Waals surface area contributed by atoms with Gasteiger partial charge in [0.2, 0.25) is 15.9 Å². The van der Waals surface area contributed by atoms with Crippen LogP contribution in [0.3, 0.4) is 0 Å². The second-order valence-electron chi connectivity index (χ2n) is 8.86. The fourth-order valence-corrected chi connectivity index (χ4v) is 6.71. The lowest BCUT2D eigenvalue weighted by atomic mass is 10.2. The molecule has 12 heteroatoms. The topological polar surface area (TPSA) is 111 Å². The molecule has 2 heterocycles. The maximum absolute atomic E-state index is 13.5. The molecule has 39 heavy (non-hydrogen) atoms. The van der Waals surface area contributed by atoms with Gasteiger partial charge in [-0.05, 0) is 61.0 Å². The normalized spacial score (nSPS) is 14.4. The van der Waals surface area contributed by atoms with E-state index in [1.165, 1.54) is 39.2 Å². The first-order valence-corrected chi connectivity index (χ1v) is 14.6. The maximum atomic E-state index is 13.5. The number of anilines is 1. The van der Waals surface area contributed by atoms with E-state index in [2.05, 4.69) is 10.3 Å². The number of ether oxygens (including phenoxy) is 1. The van der Waals surface area contributed by atoms with E-state index in [0.717, 1.165) is 11.8 Å². The molecule has 9 nitrogen and oxygen atoms in total. The van der Waals surface area contributed by atoms with Gasteiger partial charge in [0.1, 0.15) is 5.82 Å². The molecule has 0 bridgehead atoms. The number of nitrogens with one attached hydrogen (secondary N) is 1. The van der Waals surface area contributed by atoms with Crippen molar-refractivity contribution in [3.63, 3.8) is 0 Å². The molecule has 4 aromatic rings. The zero-order chi connectivity index (χ0) is 27.6. The number of halogens is 1. The molecule has 1 amide bonds. The summed E-state index contributed by atoms with van der Waals surface area (Å²) in [7, 11) is -3.75. The molecule has 0 saturated carbocycles. The summed E-state index contributed by atoms with van der Waals surface area (Å²) in [6.45, 7) is 2.90.